The van der Waals surface area contributed by atoms with Crippen LogP contribution in [0.2, 0.25) is 0 Å². The highest BCUT2D eigenvalue weighted by Gasteiger charge is 2.28. The van der Waals surface area contributed by atoms with Crippen LogP contribution in [-0.4, -0.2) is 52.3 Å². The van der Waals surface area contributed by atoms with Crippen LogP contribution < -0.4 is 5.32 Å². The number of urea groups is 1. The van der Waals surface area contributed by atoms with Gasteiger partial charge in [-0.25, -0.2) is 14.0 Å². The van der Waals surface area contributed by atoms with Gasteiger partial charge in [-0.2, -0.15) is 0 Å². The Bertz CT molecular complexity index is 938. The third-order valence-corrected chi connectivity index (χ3v) is 4.72. The highest BCUT2D eigenvalue weighted by molar-refractivity contribution is 5.79. The summed E-state index contributed by atoms with van der Waals surface area (Å²) in [6.45, 7) is 3.46. The number of halogens is 1. The molecule has 0 heterocycles. The molecule has 2 aromatic rings. The third-order valence-electron chi connectivity index (χ3n) is 4.72. The first kappa shape index (κ1) is 25.8. The molecule has 3 N–H and O–H groups in total. The molecule has 0 saturated heterocycles. The molecule has 9 heteroatoms. The maximum Gasteiger partial charge on any atom is 0.337 e. The largest absolute Gasteiger partial charge is 0.481 e. The van der Waals surface area contributed by atoms with Gasteiger partial charge in [0.05, 0.1) is 19.0 Å². The van der Waals surface area contributed by atoms with Crippen molar-refractivity contribution < 1.29 is 33.7 Å². The molecule has 0 aliphatic carbocycles. The maximum atomic E-state index is 14.2. The number of carbonyl (C=O) groups excluding carboxylic acids is 2. The Hall–Kier alpha value is -3.46. The first-order chi connectivity index (χ1) is 15.7. The number of esters is 1. The number of nitrogens with zero attached hydrogens (tertiary/aromatic N) is 1. The second kappa shape index (κ2) is 12.5. The zero-order chi connectivity index (χ0) is 24.4. The van der Waals surface area contributed by atoms with Crippen LogP contribution in [0.25, 0.3) is 0 Å². The normalized spacial score (nSPS) is 12.6. The van der Waals surface area contributed by atoms with Crippen LogP contribution in [-0.2, 0) is 20.9 Å². The Labute approximate surface area is 192 Å². The van der Waals surface area contributed by atoms with Crippen molar-refractivity contribution in [1.82, 2.24) is 10.2 Å². The lowest BCUT2D eigenvalue weighted by atomic mass is 10.0. The lowest BCUT2D eigenvalue weighted by Gasteiger charge is -2.29. The van der Waals surface area contributed by atoms with Gasteiger partial charge in [0.1, 0.15) is 12.4 Å². The minimum atomic E-state index is -1.61. The molecule has 178 valence electrons. The van der Waals surface area contributed by atoms with Gasteiger partial charge in [-0.05, 0) is 17.5 Å². The molecule has 8 nitrogen and oxygen atoms in total. The summed E-state index contributed by atoms with van der Waals surface area (Å²) in [4.78, 5) is 37.6. The lowest BCUT2D eigenvalue weighted by molar-refractivity contribution is -0.155. The molecule has 0 aromatic heterocycles. The summed E-state index contributed by atoms with van der Waals surface area (Å²) in [7, 11) is 0. The zero-order valence-electron chi connectivity index (χ0n) is 18.6. The molecule has 2 rings (SSSR count). The van der Waals surface area contributed by atoms with Gasteiger partial charge in [-0.15, -0.1) is 0 Å². The fraction of sp³-hybridized carbons (Fsp3) is 0.375. The van der Waals surface area contributed by atoms with Crippen LogP contribution >= 0.6 is 0 Å². The van der Waals surface area contributed by atoms with Gasteiger partial charge >= 0.3 is 18.0 Å². The smallest absolute Gasteiger partial charge is 0.337 e. The van der Waals surface area contributed by atoms with Gasteiger partial charge in [0, 0.05) is 12.1 Å². The molecule has 0 fully saturated rings. The fourth-order valence-electron chi connectivity index (χ4n) is 3.20. The summed E-state index contributed by atoms with van der Waals surface area (Å²) in [5, 5.41) is 22.1. The Morgan fingerprint density at radius 3 is 2.27 bits per heavy atom. The summed E-state index contributed by atoms with van der Waals surface area (Å²) in [6, 6.07) is 12.6. The molecule has 0 aliphatic heterocycles. The number of nitrogens with one attached hydrogen (secondary N) is 1. The standard InChI is InChI=1S/C24H29FN2O6/c1-16(2)13-27(14-21(28)23(31)33-15-17-8-4-3-5-9-17)24(32)26-20(12-22(29)30)18-10-6-7-11-19(18)25/h3-11,16,20-21,28H,12-15H2,1-2H3,(H,26,32)(H,29,30). The molecule has 0 radical (unpaired) electrons. The monoisotopic (exact) mass is 460 g/mol. The number of aliphatic hydroxyl groups excluding tert-OH is 1. The van der Waals surface area contributed by atoms with E-state index in [0.29, 0.717) is 0 Å². The highest BCUT2D eigenvalue weighted by atomic mass is 19.1. The number of aliphatic carboxylic acids is 1. The SMILES string of the molecule is CC(C)CN(CC(O)C(=O)OCc1ccccc1)C(=O)NC(CC(=O)O)c1ccccc1F. The quantitative estimate of drug-likeness (QED) is 0.444. The van der Waals surface area contributed by atoms with Crippen molar-refractivity contribution in [1.29, 1.82) is 0 Å². The number of hydrogen-bond acceptors (Lipinski definition) is 5. The molecule has 2 unspecified atom stereocenters. The molecule has 0 spiro atoms. The molecule has 33 heavy (non-hydrogen) atoms. The Kier molecular flexibility index (Phi) is 9.81. The van der Waals surface area contributed by atoms with Crippen LogP contribution in [0.1, 0.15) is 37.4 Å². The Morgan fingerprint density at radius 2 is 1.67 bits per heavy atom. The van der Waals surface area contributed by atoms with Crippen molar-refractivity contribution in [3.63, 3.8) is 0 Å². The van der Waals surface area contributed by atoms with E-state index in [0.717, 1.165) is 5.56 Å². The lowest BCUT2D eigenvalue weighted by Crippen LogP contribution is -2.48. The Morgan fingerprint density at radius 1 is 1.03 bits per heavy atom. The summed E-state index contributed by atoms with van der Waals surface area (Å²) in [5.74, 6) is -2.78. The van der Waals surface area contributed by atoms with E-state index >= 15 is 0 Å². The predicted molar refractivity (Wildman–Crippen MR) is 119 cm³/mol. The van der Waals surface area contributed by atoms with Crippen LogP contribution in [0.15, 0.2) is 54.6 Å². The molecule has 0 aliphatic rings. The van der Waals surface area contributed by atoms with Crippen molar-refractivity contribution >= 4 is 18.0 Å². The zero-order valence-corrected chi connectivity index (χ0v) is 18.6. The van der Waals surface area contributed by atoms with Crippen LogP contribution in [0.5, 0.6) is 0 Å². The number of ether oxygens (including phenoxy) is 1. The minimum Gasteiger partial charge on any atom is -0.481 e. The molecule has 0 saturated carbocycles. The van der Waals surface area contributed by atoms with E-state index in [4.69, 9.17) is 4.74 Å². The van der Waals surface area contributed by atoms with Gasteiger partial charge in [-0.3, -0.25) is 4.79 Å². The average Bonchev–Trinajstić information content (AvgIpc) is 2.76. The number of amides is 2. The first-order valence-corrected chi connectivity index (χ1v) is 10.6. The van der Waals surface area contributed by atoms with E-state index in [9.17, 15) is 29.0 Å². The summed E-state index contributed by atoms with van der Waals surface area (Å²) in [6.07, 6.45) is -2.14. The Balaban J connectivity index is 2.08. The van der Waals surface area contributed by atoms with Crippen LogP contribution in [0, 0.1) is 11.7 Å². The van der Waals surface area contributed by atoms with Crippen molar-refractivity contribution in [3.05, 3.63) is 71.5 Å². The van der Waals surface area contributed by atoms with Crippen LogP contribution in [0.4, 0.5) is 9.18 Å². The number of hydrogen-bond donors (Lipinski definition) is 3. The van der Waals surface area contributed by atoms with E-state index in [-0.39, 0.29) is 31.2 Å². The topological polar surface area (TPSA) is 116 Å². The number of aliphatic hydroxyl groups is 1. The summed E-state index contributed by atoms with van der Waals surface area (Å²) >= 11 is 0. The van der Waals surface area contributed by atoms with Crippen molar-refractivity contribution in [2.24, 2.45) is 5.92 Å². The van der Waals surface area contributed by atoms with E-state index in [1.165, 1.54) is 29.2 Å². The molecular formula is C24H29FN2O6. The number of carbonyl (C=O) groups is 3. The van der Waals surface area contributed by atoms with Crippen LogP contribution in [0.3, 0.4) is 0 Å². The van der Waals surface area contributed by atoms with E-state index in [1.807, 2.05) is 19.9 Å². The molecule has 0 bridgehead atoms. The van der Waals surface area contributed by atoms with Crippen molar-refractivity contribution in [2.75, 3.05) is 13.1 Å². The minimum absolute atomic E-state index is 0.0188. The fourth-order valence-corrected chi connectivity index (χ4v) is 3.20. The van der Waals surface area contributed by atoms with E-state index in [1.54, 1.807) is 24.3 Å². The second-order valence-corrected chi connectivity index (χ2v) is 8.03. The number of benzene rings is 2. The van der Waals surface area contributed by atoms with Gasteiger partial charge in [0.2, 0.25) is 0 Å². The summed E-state index contributed by atoms with van der Waals surface area (Å²) in [5.41, 5.74) is 0.775. The van der Waals surface area contributed by atoms with Crippen molar-refractivity contribution in [2.45, 2.75) is 39.0 Å². The second-order valence-electron chi connectivity index (χ2n) is 8.03. The molecule has 2 atom stereocenters. The first-order valence-electron chi connectivity index (χ1n) is 10.6. The van der Waals surface area contributed by atoms with Gasteiger partial charge in [0.25, 0.3) is 0 Å². The van der Waals surface area contributed by atoms with Gasteiger partial charge < -0.3 is 25.2 Å². The number of carboxylic acid groups (broad SMARTS) is 1. The average molecular weight is 461 g/mol. The maximum absolute atomic E-state index is 14.2. The highest BCUT2D eigenvalue weighted by Crippen LogP contribution is 2.21. The van der Waals surface area contributed by atoms with E-state index in [2.05, 4.69) is 5.32 Å². The summed E-state index contributed by atoms with van der Waals surface area (Å²) < 4.78 is 19.4. The van der Waals surface area contributed by atoms with Gasteiger partial charge in [-0.1, -0.05) is 62.4 Å². The molecular weight excluding hydrogens is 431 g/mol. The van der Waals surface area contributed by atoms with E-state index < -0.39 is 42.4 Å². The molecule has 2 aromatic carbocycles. The third kappa shape index (κ3) is 8.53. The predicted octanol–water partition coefficient (Wildman–Crippen LogP) is 3.11. The van der Waals surface area contributed by atoms with Crippen molar-refractivity contribution in [3.8, 4) is 0 Å². The number of carboxylic acids is 1. The number of rotatable bonds is 11. The van der Waals surface area contributed by atoms with Gasteiger partial charge in [0.15, 0.2) is 6.10 Å². The molecule has 2 amide bonds.